The van der Waals surface area contributed by atoms with E-state index in [0.717, 1.165) is 62.0 Å². The van der Waals surface area contributed by atoms with Crippen molar-refractivity contribution < 1.29 is 4.79 Å². The molecule has 3 heterocycles. The molecule has 0 saturated carbocycles. The van der Waals surface area contributed by atoms with E-state index in [4.69, 9.17) is 0 Å². The number of hydrogen-bond acceptors (Lipinski definition) is 5. The molecule has 0 atom stereocenters. The molecule has 0 bridgehead atoms. The van der Waals surface area contributed by atoms with Gasteiger partial charge in [0.05, 0.1) is 0 Å². The average Bonchev–Trinajstić information content (AvgIpc) is 3.12. The molecule has 2 N–H and O–H groups in total. The van der Waals surface area contributed by atoms with Crippen LogP contribution in [0.3, 0.4) is 0 Å². The third kappa shape index (κ3) is 3.97. The van der Waals surface area contributed by atoms with Gasteiger partial charge in [0.1, 0.15) is 12.4 Å². The van der Waals surface area contributed by atoms with Crippen molar-refractivity contribution in [3.8, 4) is 0 Å². The van der Waals surface area contributed by atoms with Crippen LogP contribution in [0.1, 0.15) is 25.3 Å². The van der Waals surface area contributed by atoms with Gasteiger partial charge in [-0.3, -0.25) is 9.59 Å². The molecule has 0 spiro atoms. The Morgan fingerprint density at radius 2 is 2.07 bits per heavy atom. The fourth-order valence-electron chi connectivity index (χ4n) is 3.66. The van der Waals surface area contributed by atoms with E-state index >= 15 is 0 Å². The number of fused-ring (bicyclic) bond motifs is 1. The summed E-state index contributed by atoms with van der Waals surface area (Å²) < 4.78 is 1.24. The van der Waals surface area contributed by atoms with Crippen LogP contribution in [-0.2, 0) is 17.8 Å². The predicted molar refractivity (Wildman–Crippen MR) is 106 cm³/mol. The molecular formula is C20H25N5O2. The van der Waals surface area contributed by atoms with E-state index in [2.05, 4.69) is 27.6 Å². The van der Waals surface area contributed by atoms with E-state index in [0.29, 0.717) is 0 Å². The second-order valence-corrected chi connectivity index (χ2v) is 7.45. The van der Waals surface area contributed by atoms with E-state index in [1.807, 2.05) is 18.2 Å². The first kappa shape index (κ1) is 17.6. The molecule has 0 radical (unpaired) electrons. The summed E-state index contributed by atoms with van der Waals surface area (Å²) in [6.45, 7) is 4.95. The monoisotopic (exact) mass is 367 g/mol. The SMILES string of the molecule is CC1CCN(c2ccc(=O)n(CC(=O)Nc3ccc4c(c3)NCC4)n2)CC1. The van der Waals surface area contributed by atoms with Gasteiger partial charge in [0, 0.05) is 37.1 Å². The van der Waals surface area contributed by atoms with Crippen LogP contribution >= 0.6 is 0 Å². The van der Waals surface area contributed by atoms with E-state index in [1.165, 1.54) is 16.3 Å². The molecule has 7 heteroatoms. The van der Waals surface area contributed by atoms with Crippen molar-refractivity contribution in [3.63, 3.8) is 0 Å². The average molecular weight is 367 g/mol. The van der Waals surface area contributed by atoms with Gasteiger partial charge in [-0.15, -0.1) is 0 Å². The Morgan fingerprint density at radius 1 is 1.26 bits per heavy atom. The number of benzene rings is 1. The highest BCUT2D eigenvalue weighted by molar-refractivity contribution is 5.91. The summed E-state index contributed by atoms with van der Waals surface area (Å²) in [7, 11) is 0. The summed E-state index contributed by atoms with van der Waals surface area (Å²) in [5, 5.41) is 10.6. The Balaban J connectivity index is 1.44. The number of amides is 1. The van der Waals surface area contributed by atoms with Crippen molar-refractivity contribution in [1.82, 2.24) is 9.78 Å². The highest BCUT2D eigenvalue weighted by Crippen LogP contribution is 2.25. The third-order valence-electron chi connectivity index (χ3n) is 5.36. The van der Waals surface area contributed by atoms with Gasteiger partial charge in [0.15, 0.2) is 0 Å². The lowest BCUT2D eigenvalue weighted by Crippen LogP contribution is -2.36. The van der Waals surface area contributed by atoms with Crippen LogP contribution < -0.4 is 21.1 Å². The van der Waals surface area contributed by atoms with E-state index in [-0.39, 0.29) is 18.0 Å². The van der Waals surface area contributed by atoms with Crippen LogP contribution in [0.4, 0.5) is 17.2 Å². The normalized spacial score (nSPS) is 16.7. The summed E-state index contributed by atoms with van der Waals surface area (Å²) in [6, 6.07) is 9.09. The smallest absolute Gasteiger partial charge is 0.267 e. The maximum absolute atomic E-state index is 12.4. The van der Waals surface area contributed by atoms with Crippen molar-refractivity contribution >= 4 is 23.1 Å². The van der Waals surface area contributed by atoms with Crippen molar-refractivity contribution in [3.05, 3.63) is 46.2 Å². The highest BCUT2D eigenvalue weighted by Gasteiger charge is 2.18. The Morgan fingerprint density at radius 3 is 2.89 bits per heavy atom. The third-order valence-corrected chi connectivity index (χ3v) is 5.36. The fourth-order valence-corrected chi connectivity index (χ4v) is 3.66. The molecule has 0 aliphatic carbocycles. The number of carbonyl (C=O) groups excluding carboxylic acids is 1. The number of aromatic nitrogens is 2. The molecule has 7 nitrogen and oxygen atoms in total. The van der Waals surface area contributed by atoms with Gasteiger partial charge in [-0.05, 0) is 48.9 Å². The van der Waals surface area contributed by atoms with Gasteiger partial charge in [-0.2, -0.15) is 5.10 Å². The Labute approximate surface area is 158 Å². The molecule has 0 unspecified atom stereocenters. The van der Waals surface area contributed by atoms with Crippen LogP contribution in [-0.4, -0.2) is 35.3 Å². The lowest BCUT2D eigenvalue weighted by molar-refractivity contribution is -0.117. The van der Waals surface area contributed by atoms with Crippen LogP contribution in [0.25, 0.3) is 0 Å². The molecule has 1 aromatic heterocycles. The molecule has 1 saturated heterocycles. The second kappa shape index (κ2) is 7.42. The minimum absolute atomic E-state index is 0.0958. The molecule has 1 amide bonds. The first-order chi connectivity index (χ1) is 13.1. The van der Waals surface area contributed by atoms with Crippen LogP contribution in [0, 0.1) is 5.92 Å². The van der Waals surface area contributed by atoms with E-state index in [1.54, 1.807) is 6.07 Å². The van der Waals surface area contributed by atoms with Gasteiger partial charge in [0.25, 0.3) is 5.56 Å². The molecule has 2 aromatic rings. The van der Waals surface area contributed by atoms with Gasteiger partial charge >= 0.3 is 0 Å². The van der Waals surface area contributed by atoms with Gasteiger partial charge in [-0.1, -0.05) is 13.0 Å². The minimum atomic E-state index is -0.269. The quantitative estimate of drug-likeness (QED) is 0.865. The molecule has 4 rings (SSSR count). The number of carbonyl (C=O) groups is 1. The van der Waals surface area contributed by atoms with Crippen LogP contribution in [0.15, 0.2) is 35.1 Å². The maximum Gasteiger partial charge on any atom is 0.267 e. The highest BCUT2D eigenvalue weighted by atomic mass is 16.2. The zero-order valence-electron chi connectivity index (χ0n) is 15.6. The molecule has 2 aliphatic heterocycles. The molecular weight excluding hydrogens is 342 g/mol. The minimum Gasteiger partial charge on any atom is -0.384 e. The Bertz CT molecular complexity index is 899. The molecule has 27 heavy (non-hydrogen) atoms. The predicted octanol–water partition coefficient (Wildman–Crippen LogP) is 2.09. The molecule has 2 aliphatic rings. The molecule has 142 valence electrons. The second-order valence-electron chi connectivity index (χ2n) is 7.45. The van der Waals surface area contributed by atoms with Gasteiger partial charge in [-0.25, -0.2) is 4.68 Å². The van der Waals surface area contributed by atoms with E-state index < -0.39 is 0 Å². The number of piperidine rings is 1. The first-order valence-electron chi connectivity index (χ1n) is 9.58. The lowest BCUT2D eigenvalue weighted by atomic mass is 9.99. The maximum atomic E-state index is 12.4. The first-order valence-corrected chi connectivity index (χ1v) is 9.58. The molecule has 1 fully saturated rings. The number of nitrogens with one attached hydrogen (secondary N) is 2. The zero-order valence-corrected chi connectivity index (χ0v) is 15.6. The molecule has 1 aromatic carbocycles. The Hall–Kier alpha value is -2.83. The standard InChI is InChI=1S/C20H25N5O2/c1-14-7-10-24(11-8-14)18-4-5-20(27)25(23-18)13-19(26)22-16-3-2-15-6-9-21-17(15)12-16/h2-5,12,14,21H,6-11,13H2,1H3,(H,22,26). The van der Waals surface area contributed by atoms with Crippen molar-refractivity contribution in [2.75, 3.05) is 35.2 Å². The summed E-state index contributed by atoms with van der Waals surface area (Å²) in [4.78, 5) is 26.7. The summed E-state index contributed by atoms with van der Waals surface area (Å²) >= 11 is 0. The van der Waals surface area contributed by atoms with Gasteiger partial charge < -0.3 is 15.5 Å². The summed E-state index contributed by atoms with van der Waals surface area (Å²) in [5.74, 6) is 1.22. The lowest BCUT2D eigenvalue weighted by Gasteiger charge is -2.31. The van der Waals surface area contributed by atoms with Crippen molar-refractivity contribution in [1.29, 1.82) is 0 Å². The largest absolute Gasteiger partial charge is 0.384 e. The number of anilines is 3. The van der Waals surface area contributed by atoms with E-state index in [9.17, 15) is 9.59 Å². The Kier molecular flexibility index (Phi) is 4.83. The topological polar surface area (TPSA) is 79.3 Å². The van der Waals surface area contributed by atoms with Crippen LogP contribution in [0.5, 0.6) is 0 Å². The van der Waals surface area contributed by atoms with Gasteiger partial charge in [0.2, 0.25) is 5.91 Å². The zero-order chi connectivity index (χ0) is 18.8. The summed E-state index contributed by atoms with van der Waals surface area (Å²) in [5.41, 5.74) is 2.77. The van der Waals surface area contributed by atoms with Crippen molar-refractivity contribution in [2.45, 2.75) is 32.7 Å². The number of rotatable bonds is 4. The number of hydrogen-bond donors (Lipinski definition) is 2. The summed E-state index contributed by atoms with van der Waals surface area (Å²) in [6.07, 6.45) is 3.24. The van der Waals surface area contributed by atoms with Crippen LogP contribution in [0.2, 0.25) is 0 Å². The number of nitrogens with zero attached hydrogens (tertiary/aromatic N) is 3. The van der Waals surface area contributed by atoms with Crippen molar-refractivity contribution in [2.24, 2.45) is 5.92 Å². The fraction of sp³-hybridized carbons (Fsp3) is 0.450.